The fourth-order valence-electron chi connectivity index (χ4n) is 1.77. The summed E-state index contributed by atoms with van der Waals surface area (Å²) in [5, 5.41) is 12.9. The van der Waals surface area contributed by atoms with Crippen LogP contribution in [0.3, 0.4) is 0 Å². The number of nitrogens with zero attached hydrogens (tertiary/aromatic N) is 3. The lowest BCUT2D eigenvalue weighted by Gasteiger charge is -2.09. The minimum Gasteiger partial charge on any atom is -0.480 e. The van der Waals surface area contributed by atoms with Crippen molar-refractivity contribution in [3.05, 3.63) is 16.3 Å². The van der Waals surface area contributed by atoms with Gasteiger partial charge < -0.3 is 5.11 Å². The average molecular weight is 211 g/mol. The van der Waals surface area contributed by atoms with Crippen molar-refractivity contribution in [2.75, 3.05) is 0 Å². The van der Waals surface area contributed by atoms with Gasteiger partial charge in [0, 0.05) is 13.0 Å². The summed E-state index contributed by atoms with van der Waals surface area (Å²) in [5.41, 5.74) is -0.306. The van der Waals surface area contributed by atoms with Crippen LogP contribution in [0.5, 0.6) is 0 Å². The molecular formula is C9H13N3O3. The van der Waals surface area contributed by atoms with E-state index in [1.54, 1.807) is 4.57 Å². The molecule has 6 nitrogen and oxygen atoms in total. The molecular weight excluding hydrogens is 198 g/mol. The lowest BCUT2D eigenvalue weighted by atomic mass is 10.2. The lowest BCUT2D eigenvalue weighted by molar-refractivity contribution is -0.140. The molecule has 0 spiro atoms. The first-order valence-electron chi connectivity index (χ1n) is 5.02. The smallest absolute Gasteiger partial charge is 0.346 e. The number of aromatic nitrogens is 3. The Bertz CT molecular complexity index is 446. The van der Waals surface area contributed by atoms with Crippen LogP contribution in [0.15, 0.2) is 4.79 Å². The molecule has 1 unspecified atom stereocenters. The van der Waals surface area contributed by atoms with Gasteiger partial charge in [0.05, 0.1) is 0 Å². The fourth-order valence-corrected chi connectivity index (χ4v) is 1.77. The van der Waals surface area contributed by atoms with Gasteiger partial charge in [0.15, 0.2) is 6.04 Å². The van der Waals surface area contributed by atoms with Crippen molar-refractivity contribution in [2.45, 2.75) is 38.8 Å². The van der Waals surface area contributed by atoms with Crippen molar-refractivity contribution in [2.24, 2.45) is 0 Å². The van der Waals surface area contributed by atoms with E-state index in [0.29, 0.717) is 12.4 Å². The Kier molecular flexibility index (Phi) is 2.34. The van der Waals surface area contributed by atoms with Crippen molar-refractivity contribution in [1.82, 2.24) is 14.3 Å². The van der Waals surface area contributed by atoms with Gasteiger partial charge in [0.25, 0.3) is 0 Å². The highest BCUT2D eigenvalue weighted by Crippen LogP contribution is 2.11. The van der Waals surface area contributed by atoms with Crippen LogP contribution in [0.1, 0.15) is 31.6 Å². The van der Waals surface area contributed by atoms with Gasteiger partial charge in [-0.05, 0) is 19.8 Å². The number of carboxylic acids is 1. The third-order valence-corrected chi connectivity index (χ3v) is 2.72. The number of carbonyl (C=O) groups is 1. The first-order valence-corrected chi connectivity index (χ1v) is 5.02. The standard InChI is InChI=1S/C9H13N3O3/c1-6(8(13)14)12-9(15)11-5-3-2-4-7(11)10-12/h6H,2-5H2,1H3,(H,13,14). The highest BCUT2D eigenvalue weighted by Gasteiger charge is 2.22. The van der Waals surface area contributed by atoms with E-state index in [1.807, 2.05) is 0 Å². The number of aryl methyl sites for hydroxylation is 1. The second-order valence-electron chi connectivity index (χ2n) is 3.77. The third-order valence-electron chi connectivity index (χ3n) is 2.72. The second kappa shape index (κ2) is 3.52. The highest BCUT2D eigenvalue weighted by atomic mass is 16.4. The number of hydrogen-bond acceptors (Lipinski definition) is 3. The number of fused-ring (bicyclic) bond motifs is 1. The van der Waals surface area contributed by atoms with Crippen LogP contribution in [-0.2, 0) is 17.8 Å². The van der Waals surface area contributed by atoms with E-state index in [2.05, 4.69) is 5.10 Å². The highest BCUT2D eigenvalue weighted by molar-refractivity contribution is 5.71. The van der Waals surface area contributed by atoms with E-state index < -0.39 is 12.0 Å². The van der Waals surface area contributed by atoms with Crippen LogP contribution in [0.25, 0.3) is 0 Å². The molecule has 0 saturated heterocycles. The van der Waals surface area contributed by atoms with Crippen molar-refractivity contribution in [3.63, 3.8) is 0 Å². The molecule has 1 N–H and O–H groups in total. The molecule has 0 bridgehead atoms. The maximum Gasteiger partial charge on any atom is 0.346 e. The normalized spacial score (nSPS) is 17.1. The molecule has 15 heavy (non-hydrogen) atoms. The first-order chi connectivity index (χ1) is 7.11. The predicted octanol–water partition coefficient (Wildman–Crippen LogP) is 0.0267. The summed E-state index contributed by atoms with van der Waals surface area (Å²) in [6, 6.07) is -0.893. The molecule has 1 atom stereocenters. The summed E-state index contributed by atoms with van der Waals surface area (Å²) in [5.74, 6) is -0.327. The van der Waals surface area contributed by atoms with Crippen LogP contribution in [0.4, 0.5) is 0 Å². The molecule has 0 radical (unpaired) electrons. The fraction of sp³-hybridized carbons (Fsp3) is 0.667. The minimum absolute atomic E-state index is 0.306. The Hall–Kier alpha value is -1.59. The van der Waals surface area contributed by atoms with E-state index in [1.165, 1.54) is 6.92 Å². The zero-order valence-electron chi connectivity index (χ0n) is 8.51. The molecule has 0 amide bonds. The number of aliphatic carboxylic acids is 1. The summed E-state index contributed by atoms with van der Waals surface area (Å²) in [6.07, 6.45) is 2.73. The molecule has 2 rings (SSSR count). The van der Waals surface area contributed by atoms with Gasteiger partial charge in [-0.3, -0.25) is 4.57 Å². The Morgan fingerprint density at radius 2 is 2.27 bits per heavy atom. The van der Waals surface area contributed by atoms with E-state index >= 15 is 0 Å². The Morgan fingerprint density at radius 1 is 1.53 bits per heavy atom. The monoisotopic (exact) mass is 211 g/mol. The maximum absolute atomic E-state index is 11.8. The molecule has 0 aromatic carbocycles. The largest absolute Gasteiger partial charge is 0.480 e. The van der Waals surface area contributed by atoms with Gasteiger partial charge in [0.1, 0.15) is 5.82 Å². The Morgan fingerprint density at radius 3 is 2.87 bits per heavy atom. The summed E-state index contributed by atoms with van der Waals surface area (Å²) in [7, 11) is 0. The maximum atomic E-state index is 11.8. The van der Waals surface area contributed by atoms with Gasteiger partial charge >= 0.3 is 11.7 Å². The van der Waals surface area contributed by atoms with Crippen molar-refractivity contribution in [3.8, 4) is 0 Å². The van der Waals surface area contributed by atoms with E-state index in [9.17, 15) is 9.59 Å². The molecule has 1 aromatic heterocycles. The summed E-state index contributed by atoms with van der Waals surface area (Å²) < 4.78 is 2.63. The van der Waals surface area contributed by atoms with Crippen LogP contribution < -0.4 is 5.69 Å². The molecule has 1 aliphatic heterocycles. The van der Waals surface area contributed by atoms with Crippen molar-refractivity contribution < 1.29 is 9.90 Å². The van der Waals surface area contributed by atoms with Crippen LogP contribution in [-0.4, -0.2) is 25.4 Å². The van der Waals surface area contributed by atoms with Crippen molar-refractivity contribution in [1.29, 1.82) is 0 Å². The zero-order valence-corrected chi connectivity index (χ0v) is 8.51. The van der Waals surface area contributed by atoms with Gasteiger partial charge in [-0.2, -0.15) is 9.78 Å². The zero-order chi connectivity index (χ0) is 11.0. The van der Waals surface area contributed by atoms with Gasteiger partial charge in [-0.1, -0.05) is 0 Å². The minimum atomic E-state index is -1.03. The molecule has 6 heteroatoms. The molecule has 1 aromatic rings. The van der Waals surface area contributed by atoms with Gasteiger partial charge in [-0.15, -0.1) is 0 Å². The second-order valence-corrected chi connectivity index (χ2v) is 3.77. The van der Waals surface area contributed by atoms with Crippen LogP contribution >= 0.6 is 0 Å². The summed E-state index contributed by atoms with van der Waals surface area (Å²) in [4.78, 5) is 22.5. The SMILES string of the molecule is CC(C(=O)O)n1nc2n(c1=O)CCCC2. The molecule has 0 aliphatic carbocycles. The topological polar surface area (TPSA) is 77.1 Å². The van der Waals surface area contributed by atoms with Gasteiger partial charge in [0.2, 0.25) is 0 Å². The molecule has 0 fully saturated rings. The first kappa shape index (κ1) is 9.95. The summed E-state index contributed by atoms with van der Waals surface area (Å²) >= 11 is 0. The Labute approximate surface area is 86.1 Å². The van der Waals surface area contributed by atoms with E-state index in [-0.39, 0.29) is 5.69 Å². The average Bonchev–Trinajstić information content (AvgIpc) is 2.56. The van der Waals surface area contributed by atoms with E-state index in [4.69, 9.17) is 5.11 Å². The van der Waals surface area contributed by atoms with Gasteiger partial charge in [-0.25, -0.2) is 9.59 Å². The van der Waals surface area contributed by atoms with E-state index in [0.717, 1.165) is 23.9 Å². The quantitative estimate of drug-likeness (QED) is 0.748. The molecule has 2 heterocycles. The third kappa shape index (κ3) is 1.55. The predicted molar refractivity (Wildman–Crippen MR) is 51.8 cm³/mol. The molecule has 0 saturated carbocycles. The Balaban J connectivity index is 2.46. The number of carboxylic acid groups (broad SMARTS) is 1. The molecule has 82 valence electrons. The van der Waals surface area contributed by atoms with Crippen molar-refractivity contribution >= 4 is 5.97 Å². The van der Waals surface area contributed by atoms with Crippen LogP contribution in [0, 0.1) is 0 Å². The molecule has 1 aliphatic rings. The van der Waals surface area contributed by atoms with Crippen LogP contribution in [0.2, 0.25) is 0 Å². The lowest BCUT2D eigenvalue weighted by Crippen LogP contribution is -2.31. The summed E-state index contributed by atoms with van der Waals surface area (Å²) in [6.45, 7) is 2.11. The number of rotatable bonds is 2. The number of hydrogen-bond donors (Lipinski definition) is 1.